The summed E-state index contributed by atoms with van der Waals surface area (Å²) in [4.78, 5) is 3.83. The maximum atomic E-state index is 5.15. The minimum atomic E-state index is 0. The zero-order valence-corrected chi connectivity index (χ0v) is 7.94. The molecular formula is C7H11Cl2N3. The second-order valence-corrected chi connectivity index (χ2v) is 1.87. The first-order valence-electron chi connectivity index (χ1n) is 2.94. The molecule has 0 aliphatic rings. The van der Waals surface area contributed by atoms with Crippen molar-refractivity contribution in [2.75, 3.05) is 0 Å². The summed E-state index contributed by atoms with van der Waals surface area (Å²) in [7, 11) is 0. The summed E-state index contributed by atoms with van der Waals surface area (Å²) in [5.41, 5.74) is 11.1. The van der Waals surface area contributed by atoms with Gasteiger partial charge in [-0.15, -0.1) is 24.8 Å². The van der Waals surface area contributed by atoms with Crippen LogP contribution in [-0.2, 0) is 0 Å². The van der Waals surface area contributed by atoms with Gasteiger partial charge in [-0.3, -0.25) is 0 Å². The molecule has 0 spiro atoms. The summed E-state index contributed by atoms with van der Waals surface area (Å²) < 4.78 is 0. The van der Waals surface area contributed by atoms with E-state index in [0.717, 1.165) is 5.69 Å². The maximum absolute atomic E-state index is 5.15. The zero-order chi connectivity index (χ0) is 7.40. The molecule has 0 fully saturated rings. The van der Waals surface area contributed by atoms with Crippen LogP contribution in [0.2, 0.25) is 0 Å². The van der Waals surface area contributed by atoms with Crippen molar-refractivity contribution in [3.05, 3.63) is 30.3 Å². The van der Waals surface area contributed by atoms with Crippen molar-refractivity contribution in [3.8, 4) is 0 Å². The number of halogens is 2. The highest BCUT2D eigenvalue weighted by Gasteiger charge is 1.83. The largest absolute Gasteiger partial charge is 0.370 e. The Morgan fingerprint density at radius 2 is 1.50 bits per heavy atom. The quantitative estimate of drug-likeness (QED) is 0.541. The molecule has 0 unspecified atom stereocenters. The summed E-state index contributed by atoms with van der Waals surface area (Å²) in [6.07, 6.45) is 0. The number of benzene rings is 1. The van der Waals surface area contributed by atoms with Crippen LogP contribution in [0.15, 0.2) is 35.3 Å². The van der Waals surface area contributed by atoms with Crippen molar-refractivity contribution in [1.29, 1.82) is 0 Å². The van der Waals surface area contributed by atoms with E-state index in [1.54, 1.807) is 0 Å². The van der Waals surface area contributed by atoms with Crippen LogP contribution < -0.4 is 11.5 Å². The molecule has 0 aromatic heterocycles. The fraction of sp³-hybridized carbons (Fsp3) is 0. The predicted molar refractivity (Wildman–Crippen MR) is 56.4 cm³/mol. The van der Waals surface area contributed by atoms with E-state index in [-0.39, 0.29) is 30.8 Å². The molecule has 0 aliphatic heterocycles. The SMILES string of the molecule is Cl.Cl.NC(N)=Nc1ccccc1. The summed E-state index contributed by atoms with van der Waals surface area (Å²) in [5.74, 6) is 0.0891. The Kier molecular flexibility index (Phi) is 7.69. The molecule has 0 saturated heterocycles. The van der Waals surface area contributed by atoms with Crippen molar-refractivity contribution in [2.45, 2.75) is 0 Å². The van der Waals surface area contributed by atoms with Crippen LogP contribution in [-0.4, -0.2) is 5.96 Å². The van der Waals surface area contributed by atoms with Gasteiger partial charge in [-0.05, 0) is 12.1 Å². The Balaban J connectivity index is 0. The van der Waals surface area contributed by atoms with Gasteiger partial charge in [0.1, 0.15) is 0 Å². The van der Waals surface area contributed by atoms with Gasteiger partial charge < -0.3 is 11.5 Å². The van der Waals surface area contributed by atoms with E-state index < -0.39 is 0 Å². The van der Waals surface area contributed by atoms with Crippen molar-refractivity contribution in [2.24, 2.45) is 16.5 Å². The van der Waals surface area contributed by atoms with Crippen LogP contribution in [0.1, 0.15) is 0 Å². The van der Waals surface area contributed by atoms with E-state index >= 15 is 0 Å². The molecule has 0 atom stereocenters. The maximum Gasteiger partial charge on any atom is 0.191 e. The molecule has 4 N–H and O–H groups in total. The predicted octanol–water partition coefficient (Wildman–Crippen LogP) is 1.44. The zero-order valence-electron chi connectivity index (χ0n) is 6.31. The minimum absolute atomic E-state index is 0. The first-order valence-corrected chi connectivity index (χ1v) is 2.94. The van der Waals surface area contributed by atoms with E-state index in [1.165, 1.54) is 0 Å². The Bertz CT molecular complexity index is 232. The Labute approximate surface area is 83.7 Å². The van der Waals surface area contributed by atoms with Gasteiger partial charge in [0.15, 0.2) is 5.96 Å². The second-order valence-electron chi connectivity index (χ2n) is 1.87. The minimum Gasteiger partial charge on any atom is -0.370 e. The van der Waals surface area contributed by atoms with Crippen LogP contribution in [0.25, 0.3) is 0 Å². The van der Waals surface area contributed by atoms with Gasteiger partial charge >= 0.3 is 0 Å². The van der Waals surface area contributed by atoms with Crippen molar-refractivity contribution in [1.82, 2.24) is 0 Å². The third kappa shape index (κ3) is 4.82. The lowest BCUT2D eigenvalue weighted by Crippen LogP contribution is -2.21. The molecule has 0 bridgehead atoms. The fourth-order valence-electron chi connectivity index (χ4n) is 0.652. The normalized spacial score (nSPS) is 7.33. The third-order valence-electron chi connectivity index (χ3n) is 1.01. The van der Waals surface area contributed by atoms with E-state index in [9.17, 15) is 0 Å². The number of nitrogens with two attached hydrogens (primary N) is 2. The highest BCUT2D eigenvalue weighted by Crippen LogP contribution is 2.07. The molecule has 68 valence electrons. The lowest BCUT2D eigenvalue weighted by atomic mass is 10.3. The lowest BCUT2D eigenvalue weighted by Gasteiger charge is -1.91. The van der Waals surface area contributed by atoms with Crippen molar-refractivity contribution in [3.63, 3.8) is 0 Å². The van der Waals surface area contributed by atoms with Crippen LogP contribution >= 0.6 is 24.8 Å². The molecule has 0 heterocycles. The van der Waals surface area contributed by atoms with Gasteiger partial charge in [0.2, 0.25) is 0 Å². The lowest BCUT2D eigenvalue weighted by molar-refractivity contribution is 1.42. The number of aliphatic imine (C=N–C) groups is 1. The second kappa shape index (κ2) is 6.76. The molecule has 12 heavy (non-hydrogen) atoms. The topological polar surface area (TPSA) is 64.4 Å². The summed E-state index contributed by atoms with van der Waals surface area (Å²) in [6.45, 7) is 0. The highest BCUT2D eigenvalue weighted by molar-refractivity contribution is 5.85. The molecule has 5 heteroatoms. The number of guanidine groups is 1. The van der Waals surface area contributed by atoms with Gasteiger partial charge in [-0.25, -0.2) is 4.99 Å². The average molecular weight is 208 g/mol. The standard InChI is InChI=1S/C7H9N3.2ClH/c8-7(9)10-6-4-2-1-3-5-6;;/h1-5H,(H4,8,9,10);2*1H. The molecule has 1 rings (SSSR count). The van der Waals surface area contributed by atoms with Crippen LogP contribution in [0.3, 0.4) is 0 Å². The Morgan fingerprint density at radius 3 is 1.92 bits per heavy atom. The number of rotatable bonds is 1. The van der Waals surface area contributed by atoms with Gasteiger partial charge in [0.25, 0.3) is 0 Å². The number of para-hydroxylation sites is 1. The molecule has 0 aliphatic carbocycles. The number of nitrogens with zero attached hydrogens (tertiary/aromatic N) is 1. The first kappa shape index (κ1) is 13.6. The Hall–Kier alpha value is -0.930. The first-order chi connectivity index (χ1) is 4.79. The molecule has 0 radical (unpaired) electrons. The van der Waals surface area contributed by atoms with Gasteiger partial charge in [-0.2, -0.15) is 0 Å². The number of hydrogen-bond acceptors (Lipinski definition) is 1. The average Bonchev–Trinajstić information content (AvgIpc) is 1.88. The van der Waals surface area contributed by atoms with Gasteiger partial charge in [-0.1, -0.05) is 18.2 Å². The van der Waals surface area contributed by atoms with Crippen molar-refractivity contribution >= 4 is 36.5 Å². The van der Waals surface area contributed by atoms with E-state index in [2.05, 4.69) is 4.99 Å². The summed E-state index contributed by atoms with van der Waals surface area (Å²) >= 11 is 0. The van der Waals surface area contributed by atoms with Crippen LogP contribution in [0, 0.1) is 0 Å². The van der Waals surface area contributed by atoms with Crippen LogP contribution in [0.4, 0.5) is 5.69 Å². The highest BCUT2D eigenvalue weighted by atomic mass is 35.5. The van der Waals surface area contributed by atoms with Gasteiger partial charge in [0, 0.05) is 0 Å². The van der Waals surface area contributed by atoms with E-state index in [1.807, 2.05) is 30.3 Å². The molecule has 0 saturated carbocycles. The fourth-order valence-corrected chi connectivity index (χ4v) is 0.652. The van der Waals surface area contributed by atoms with Crippen LogP contribution in [0.5, 0.6) is 0 Å². The Morgan fingerprint density at radius 1 is 1.00 bits per heavy atom. The molecule has 1 aromatic rings. The van der Waals surface area contributed by atoms with E-state index in [0.29, 0.717) is 0 Å². The molecule has 0 amide bonds. The van der Waals surface area contributed by atoms with Crippen molar-refractivity contribution < 1.29 is 0 Å². The van der Waals surface area contributed by atoms with E-state index in [4.69, 9.17) is 11.5 Å². The number of hydrogen-bond donors (Lipinski definition) is 2. The summed E-state index contributed by atoms with van der Waals surface area (Å²) in [5, 5.41) is 0. The monoisotopic (exact) mass is 207 g/mol. The smallest absolute Gasteiger partial charge is 0.191 e. The summed E-state index contributed by atoms with van der Waals surface area (Å²) in [6, 6.07) is 9.33. The molecular weight excluding hydrogens is 197 g/mol. The molecule has 3 nitrogen and oxygen atoms in total. The third-order valence-corrected chi connectivity index (χ3v) is 1.01. The van der Waals surface area contributed by atoms with Gasteiger partial charge in [0.05, 0.1) is 5.69 Å². The molecule has 1 aromatic carbocycles.